The van der Waals surface area contributed by atoms with Crippen LogP contribution in [0.5, 0.6) is 5.75 Å². The molecule has 194 valence electrons. The minimum Gasteiger partial charge on any atom is -0.490 e. The van der Waals surface area contributed by atoms with E-state index in [1.807, 2.05) is 61.5 Å². The molecule has 9 heteroatoms. The minimum absolute atomic E-state index is 0.00178. The Labute approximate surface area is 218 Å². The van der Waals surface area contributed by atoms with Crippen LogP contribution in [0, 0.1) is 10.8 Å². The maximum Gasteiger partial charge on any atom is 0.235 e. The summed E-state index contributed by atoms with van der Waals surface area (Å²) >= 11 is 0. The van der Waals surface area contributed by atoms with Gasteiger partial charge in [0.05, 0.1) is 23.3 Å². The third-order valence-corrected chi connectivity index (χ3v) is 9.21. The van der Waals surface area contributed by atoms with Crippen molar-refractivity contribution < 1.29 is 13.2 Å². The number of nitrogen functional groups attached to an aromatic ring is 1. The van der Waals surface area contributed by atoms with Gasteiger partial charge in [-0.25, -0.2) is 8.42 Å². The summed E-state index contributed by atoms with van der Waals surface area (Å²) in [5.41, 5.74) is 8.88. The SMILES string of the molecule is CCS(=O)(=O)N1c2ccc(OC3CCN(C(C)=N)CC3)cc2C[C@H]1c1ccc2ccc(C(=N)N)cc2c1. The highest BCUT2D eigenvalue weighted by atomic mass is 32.2. The number of ether oxygens (including phenoxy) is 1. The molecule has 0 unspecified atom stereocenters. The van der Waals surface area contributed by atoms with Crippen molar-refractivity contribution in [2.24, 2.45) is 5.73 Å². The van der Waals surface area contributed by atoms with E-state index < -0.39 is 10.0 Å². The Morgan fingerprint density at radius 3 is 2.43 bits per heavy atom. The van der Waals surface area contributed by atoms with Crippen LogP contribution in [0.15, 0.2) is 54.6 Å². The second-order valence-corrected chi connectivity index (χ2v) is 12.0. The van der Waals surface area contributed by atoms with Crippen LogP contribution in [0.4, 0.5) is 5.69 Å². The molecule has 5 rings (SSSR count). The zero-order valence-corrected chi connectivity index (χ0v) is 22.0. The van der Waals surface area contributed by atoms with Gasteiger partial charge >= 0.3 is 0 Å². The molecule has 3 aromatic rings. The Morgan fingerprint density at radius 1 is 1.03 bits per heavy atom. The van der Waals surface area contributed by atoms with Crippen molar-refractivity contribution in [3.63, 3.8) is 0 Å². The topological polar surface area (TPSA) is 124 Å². The third-order valence-electron chi connectivity index (χ3n) is 7.43. The molecule has 2 aliphatic rings. The number of fused-ring (bicyclic) bond motifs is 2. The fraction of sp³-hybridized carbons (Fsp3) is 0.357. The average Bonchev–Trinajstić information content (AvgIpc) is 3.28. The summed E-state index contributed by atoms with van der Waals surface area (Å²) < 4.78 is 34.4. The first-order valence-electron chi connectivity index (χ1n) is 12.7. The molecule has 0 aliphatic carbocycles. The van der Waals surface area contributed by atoms with Gasteiger partial charge in [-0.05, 0) is 66.1 Å². The molecular weight excluding hydrogens is 486 g/mol. The van der Waals surface area contributed by atoms with Gasteiger partial charge in [0.2, 0.25) is 10.0 Å². The van der Waals surface area contributed by atoms with Crippen LogP contribution in [0.1, 0.15) is 49.4 Å². The van der Waals surface area contributed by atoms with Gasteiger partial charge in [-0.1, -0.05) is 24.3 Å². The lowest BCUT2D eigenvalue weighted by Gasteiger charge is -2.33. The highest BCUT2D eigenvalue weighted by molar-refractivity contribution is 7.92. The molecule has 0 aromatic heterocycles. The molecule has 2 heterocycles. The second kappa shape index (κ2) is 9.70. The van der Waals surface area contributed by atoms with Crippen molar-refractivity contribution in [2.45, 2.75) is 45.3 Å². The van der Waals surface area contributed by atoms with E-state index in [-0.39, 0.29) is 23.7 Å². The first-order valence-corrected chi connectivity index (χ1v) is 14.3. The number of nitrogens with one attached hydrogen (secondary N) is 2. The number of hydrogen-bond donors (Lipinski definition) is 3. The van der Waals surface area contributed by atoms with Gasteiger partial charge in [-0.2, -0.15) is 0 Å². The number of benzene rings is 3. The molecule has 3 aromatic carbocycles. The number of rotatable bonds is 6. The number of likely N-dealkylation sites (tertiary alicyclic amines) is 1. The monoisotopic (exact) mass is 519 g/mol. The molecular formula is C28H33N5O3S. The first kappa shape index (κ1) is 25.1. The van der Waals surface area contributed by atoms with Crippen LogP contribution in [-0.2, 0) is 16.4 Å². The molecule has 8 nitrogen and oxygen atoms in total. The van der Waals surface area contributed by atoms with E-state index >= 15 is 0 Å². The number of nitrogens with two attached hydrogens (primary N) is 1. The lowest BCUT2D eigenvalue weighted by Crippen LogP contribution is -2.40. The average molecular weight is 520 g/mol. The summed E-state index contributed by atoms with van der Waals surface area (Å²) in [6.07, 6.45) is 2.34. The Kier molecular flexibility index (Phi) is 6.58. The summed E-state index contributed by atoms with van der Waals surface area (Å²) in [5, 5.41) is 17.5. The highest BCUT2D eigenvalue weighted by Crippen LogP contribution is 2.44. The number of amidine groups is 2. The van der Waals surface area contributed by atoms with E-state index in [9.17, 15) is 8.42 Å². The van der Waals surface area contributed by atoms with Crippen LogP contribution in [0.3, 0.4) is 0 Å². The summed E-state index contributed by atoms with van der Waals surface area (Å²) in [5.74, 6) is 1.35. The van der Waals surface area contributed by atoms with Crippen molar-refractivity contribution in [3.05, 3.63) is 71.3 Å². The van der Waals surface area contributed by atoms with Gasteiger partial charge in [0.15, 0.2) is 0 Å². The molecule has 2 aliphatic heterocycles. The van der Waals surface area contributed by atoms with E-state index in [2.05, 4.69) is 4.90 Å². The molecule has 1 fully saturated rings. The lowest BCUT2D eigenvalue weighted by atomic mass is 9.98. The Morgan fingerprint density at radius 2 is 1.76 bits per heavy atom. The summed E-state index contributed by atoms with van der Waals surface area (Å²) in [6.45, 7) is 5.10. The van der Waals surface area contributed by atoms with Gasteiger partial charge in [-0.15, -0.1) is 0 Å². The van der Waals surface area contributed by atoms with Gasteiger partial charge in [0, 0.05) is 37.9 Å². The van der Waals surface area contributed by atoms with E-state index in [1.54, 1.807) is 11.2 Å². The van der Waals surface area contributed by atoms with Crippen LogP contribution in [-0.4, -0.2) is 49.9 Å². The van der Waals surface area contributed by atoms with Gasteiger partial charge in [-0.3, -0.25) is 15.1 Å². The smallest absolute Gasteiger partial charge is 0.235 e. The minimum atomic E-state index is -3.53. The molecule has 0 amide bonds. The third kappa shape index (κ3) is 4.87. The lowest BCUT2D eigenvalue weighted by molar-refractivity contribution is 0.130. The molecule has 1 saturated heterocycles. The Bertz CT molecular complexity index is 1480. The Hall–Kier alpha value is -3.59. The van der Waals surface area contributed by atoms with Crippen LogP contribution in [0.2, 0.25) is 0 Å². The Balaban J connectivity index is 1.45. The first-order chi connectivity index (χ1) is 17.7. The number of nitrogens with zero attached hydrogens (tertiary/aromatic N) is 2. The molecule has 0 spiro atoms. The molecule has 37 heavy (non-hydrogen) atoms. The van der Waals surface area contributed by atoms with Crippen LogP contribution >= 0.6 is 0 Å². The summed E-state index contributed by atoms with van der Waals surface area (Å²) in [7, 11) is -3.53. The van der Waals surface area contributed by atoms with E-state index in [1.165, 1.54) is 0 Å². The largest absolute Gasteiger partial charge is 0.490 e. The van der Waals surface area contributed by atoms with Crippen molar-refractivity contribution in [1.29, 1.82) is 10.8 Å². The standard InChI is InChI=1S/C28H33N5O3S/c1-3-37(34,35)33-26-9-8-25(36-24-10-12-32(13-11-24)18(2)29)16-23(26)17-27(33)20-6-4-19-5-7-21(28(30)31)15-22(19)14-20/h4-9,14-16,24,27,29H,3,10-13,17H2,1-2H3,(H3,30,31)/t27-/m0/s1. The number of sulfonamides is 1. The molecule has 0 radical (unpaired) electrons. The molecule has 0 bridgehead atoms. The maximum absolute atomic E-state index is 13.3. The van der Waals surface area contributed by atoms with Crippen LogP contribution < -0.4 is 14.8 Å². The van der Waals surface area contributed by atoms with Gasteiger partial charge in [0.25, 0.3) is 0 Å². The predicted molar refractivity (Wildman–Crippen MR) is 148 cm³/mol. The zero-order chi connectivity index (χ0) is 26.3. The maximum atomic E-state index is 13.3. The summed E-state index contributed by atoms with van der Waals surface area (Å²) in [6, 6.07) is 17.0. The van der Waals surface area contributed by atoms with Crippen molar-refractivity contribution in [3.8, 4) is 5.75 Å². The van der Waals surface area contributed by atoms with Gasteiger partial charge < -0.3 is 15.4 Å². The fourth-order valence-corrected chi connectivity index (χ4v) is 6.69. The second-order valence-electron chi connectivity index (χ2n) is 9.83. The van der Waals surface area contributed by atoms with Crippen molar-refractivity contribution >= 4 is 38.2 Å². The predicted octanol–water partition coefficient (Wildman–Crippen LogP) is 4.42. The van der Waals surface area contributed by atoms with Crippen molar-refractivity contribution in [2.75, 3.05) is 23.1 Å². The molecule has 1 atom stereocenters. The zero-order valence-electron chi connectivity index (χ0n) is 21.2. The quantitative estimate of drug-likeness (QED) is 0.329. The molecule has 0 saturated carbocycles. The van der Waals surface area contributed by atoms with E-state index in [0.717, 1.165) is 53.6 Å². The number of anilines is 1. The number of hydrogen-bond acceptors (Lipinski definition) is 5. The normalized spacial score (nSPS) is 18.2. The number of piperidine rings is 1. The highest BCUT2D eigenvalue weighted by Gasteiger charge is 2.38. The summed E-state index contributed by atoms with van der Waals surface area (Å²) in [4.78, 5) is 2.06. The van der Waals surface area contributed by atoms with Gasteiger partial charge in [0.1, 0.15) is 17.7 Å². The van der Waals surface area contributed by atoms with Crippen molar-refractivity contribution in [1.82, 2.24) is 4.90 Å². The van der Waals surface area contributed by atoms with E-state index in [4.69, 9.17) is 21.3 Å². The fourth-order valence-electron chi connectivity index (χ4n) is 5.35. The van der Waals surface area contributed by atoms with E-state index in [0.29, 0.717) is 23.5 Å². The molecule has 4 N–H and O–H groups in total. The van der Waals surface area contributed by atoms with Crippen LogP contribution in [0.25, 0.3) is 10.8 Å².